The highest BCUT2D eigenvalue weighted by Gasteiger charge is 2.28. The summed E-state index contributed by atoms with van der Waals surface area (Å²) in [5, 5.41) is 7.68. The molecule has 0 radical (unpaired) electrons. The third kappa shape index (κ3) is 3.39. The maximum absolute atomic E-state index is 12.4. The molecule has 1 unspecified atom stereocenters. The molecule has 2 aromatic rings. The lowest BCUT2D eigenvalue weighted by Crippen LogP contribution is -2.31. The van der Waals surface area contributed by atoms with Gasteiger partial charge in [-0.25, -0.2) is 0 Å². The summed E-state index contributed by atoms with van der Waals surface area (Å²) in [5.41, 5.74) is 0.685. The summed E-state index contributed by atoms with van der Waals surface area (Å²) in [4.78, 5) is 14.2. The van der Waals surface area contributed by atoms with Gasteiger partial charge in [-0.05, 0) is 24.3 Å². The SMILES string of the molecule is O=C(c1cccc(Br)c1)N1CCC(Oc2cccnn2)C1. The molecule has 1 aromatic heterocycles. The molecule has 0 bridgehead atoms. The Bertz CT molecular complexity index is 636. The zero-order valence-electron chi connectivity index (χ0n) is 11.3. The molecule has 0 saturated carbocycles. The van der Waals surface area contributed by atoms with Crippen LogP contribution < -0.4 is 4.74 Å². The number of likely N-dealkylation sites (tertiary alicyclic amines) is 1. The Balaban J connectivity index is 1.63. The lowest BCUT2D eigenvalue weighted by atomic mass is 10.2. The summed E-state index contributed by atoms with van der Waals surface area (Å²) in [7, 11) is 0. The number of aromatic nitrogens is 2. The second-order valence-electron chi connectivity index (χ2n) is 4.85. The van der Waals surface area contributed by atoms with Crippen LogP contribution >= 0.6 is 15.9 Å². The Morgan fingerprint density at radius 3 is 3.00 bits per heavy atom. The first-order valence-corrected chi connectivity index (χ1v) is 7.51. The van der Waals surface area contributed by atoms with E-state index in [1.54, 1.807) is 18.3 Å². The van der Waals surface area contributed by atoms with Gasteiger partial charge in [0, 0.05) is 35.3 Å². The van der Waals surface area contributed by atoms with E-state index in [9.17, 15) is 4.79 Å². The van der Waals surface area contributed by atoms with E-state index in [0.29, 0.717) is 24.5 Å². The van der Waals surface area contributed by atoms with Crippen LogP contribution in [0.1, 0.15) is 16.8 Å². The molecular formula is C15H14BrN3O2. The van der Waals surface area contributed by atoms with Gasteiger partial charge in [0.25, 0.3) is 5.91 Å². The quantitative estimate of drug-likeness (QED) is 0.855. The molecule has 5 nitrogen and oxygen atoms in total. The third-order valence-corrected chi connectivity index (χ3v) is 3.83. The summed E-state index contributed by atoms with van der Waals surface area (Å²) < 4.78 is 6.64. The van der Waals surface area contributed by atoms with Crippen molar-refractivity contribution >= 4 is 21.8 Å². The molecule has 6 heteroatoms. The first-order valence-electron chi connectivity index (χ1n) is 6.71. The highest BCUT2D eigenvalue weighted by Crippen LogP contribution is 2.19. The molecule has 2 heterocycles. The molecule has 0 N–H and O–H groups in total. The van der Waals surface area contributed by atoms with Crippen LogP contribution in [0, 0.1) is 0 Å². The Morgan fingerprint density at radius 1 is 1.33 bits per heavy atom. The first-order chi connectivity index (χ1) is 10.2. The minimum atomic E-state index is -0.0298. The summed E-state index contributed by atoms with van der Waals surface area (Å²) >= 11 is 3.38. The Hall–Kier alpha value is -1.95. The van der Waals surface area contributed by atoms with Crippen LogP contribution in [-0.2, 0) is 0 Å². The Labute approximate surface area is 131 Å². The smallest absolute Gasteiger partial charge is 0.254 e. The minimum absolute atomic E-state index is 0.0292. The number of carbonyl (C=O) groups excluding carboxylic acids is 1. The standard InChI is InChI=1S/C15H14BrN3O2/c16-12-4-1-3-11(9-12)15(20)19-8-6-13(10-19)21-14-5-2-7-17-18-14/h1-5,7,9,13H,6,8,10H2. The molecule has 1 amide bonds. The van der Waals surface area contributed by atoms with Crippen LogP contribution in [0.5, 0.6) is 5.88 Å². The molecule has 1 atom stereocenters. The molecule has 108 valence electrons. The molecule has 0 spiro atoms. The Morgan fingerprint density at radius 2 is 2.24 bits per heavy atom. The largest absolute Gasteiger partial charge is 0.471 e. The monoisotopic (exact) mass is 347 g/mol. The third-order valence-electron chi connectivity index (χ3n) is 3.34. The van der Waals surface area contributed by atoms with E-state index in [1.165, 1.54) is 0 Å². The Kier molecular flexibility index (Phi) is 4.15. The predicted octanol–water partition coefficient (Wildman–Crippen LogP) is 2.53. The fourth-order valence-electron chi connectivity index (χ4n) is 2.33. The molecule has 1 fully saturated rings. The highest BCUT2D eigenvalue weighted by molar-refractivity contribution is 9.10. The van der Waals surface area contributed by atoms with Crippen molar-refractivity contribution in [3.8, 4) is 5.88 Å². The second kappa shape index (κ2) is 6.22. The van der Waals surface area contributed by atoms with Gasteiger partial charge in [0.15, 0.2) is 0 Å². The van der Waals surface area contributed by atoms with Crippen molar-refractivity contribution in [2.45, 2.75) is 12.5 Å². The van der Waals surface area contributed by atoms with Crippen molar-refractivity contribution in [2.75, 3.05) is 13.1 Å². The number of benzene rings is 1. The second-order valence-corrected chi connectivity index (χ2v) is 5.77. The average molecular weight is 348 g/mol. The lowest BCUT2D eigenvalue weighted by Gasteiger charge is -2.17. The summed E-state index contributed by atoms with van der Waals surface area (Å²) in [5.74, 6) is 0.529. The van der Waals surface area contributed by atoms with Gasteiger partial charge in [0.05, 0.1) is 6.54 Å². The van der Waals surface area contributed by atoms with E-state index in [-0.39, 0.29) is 12.0 Å². The van der Waals surface area contributed by atoms with E-state index in [0.717, 1.165) is 10.9 Å². The fourth-order valence-corrected chi connectivity index (χ4v) is 2.73. The van der Waals surface area contributed by atoms with Crippen LogP contribution in [0.4, 0.5) is 0 Å². The fraction of sp³-hybridized carbons (Fsp3) is 0.267. The highest BCUT2D eigenvalue weighted by atomic mass is 79.9. The normalized spacial score (nSPS) is 17.8. The van der Waals surface area contributed by atoms with Crippen LogP contribution in [0.15, 0.2) is 47.1 Å². The van der Waals surface area contributed by atoms with Crippen molar-refractivity contribution in [1.82, 2.24) is 15.1 Å². The van der Waals surface area contributed by atoms with Crippen LogP contribution in [0.3, 0.4) is 0 Å². The summed E-state index contributed by atoms with van der Waals surface area (Å²) in [6.45, 7) is 1.26. The number of nitrogens with zero attached hydrogens (tertiary/aromatic N) is 3. The van der Waals surface area contributed by atoms with Gasteiger partial charge < -0.3 is 9.64 Å². The molecule has 1 saturated heterocycles. The minimum Gasteiger partial charge on any atom is -0.471 e. The van der Waals surface area contributed by atoms with Crippen molar-refractivity contribution < 1.29 is 9.53 Å². The van der Waals surface area contributed by atoms with E-state index >= 15 is 0 Å². The topological polar surface area (TPSA) is 55.3 Å². The molecule has 1 aromatic carbocycles. The van der Waals surface area contributed by atoms with Crippen molar-refractivity contribution in [1.29, 1.82) is 0 Å². The van der Waals surface area contributed by atoms with Gasteiger partial charge in [0.1, 0.15) is 6.10 Å². The van der Waals surface area contributed by atoms with Crippen molar-refractivity contribution in [2.24, 2.45) is 0 Å². The maximum Gasteiger partial charge on any atom is 0.254 e. The van der Waals surface area contributed by atoms with Gasteiger partial charge >= 0.3 is 0 Å². The number of amides is 1. The zero-order valence-corrected chi connectivity index (χ0v) is 12.9. The average Bonchev–Trinajstić information content (AvgIpc) is 2.96. The molecule has 1 aliphatic heterocycles. The molecule has 1 aliphatic rings. The molecule has 0 aliphatic carbocycles. The van der Waals surface area contributed by atoms with Gasteiger partial charge in [-0.1, -0.05) is 22.0 Å². The molecule has 3 rings (SSSR count). The number of rotatable bonds is 3. The number of ether oxygens (including phenoxy) is 1. The number of carbonyl (C=O) groups is 1. The van der Waals surface area contributed by atoms with Gasteiger partial charge in [-0.3, -0.25) is 4.79 Å². The predicted molar refractivity (Wildman–Crippen MR) is 81.1 cm³/mol. The van der Waals surface area contributed by atoms with E-state index in [1.807, 2.05) is 29.2 Å². The van der Waals surface area contributed by atoms with E-state index in [4.69, 9.17) is 4.74 Å². The van der Waals surface area contributed by atoms with Crippen LogP contribution in [0.25, 0.3) is 0 Å². The molecule has 21 heavy (non-hydrogen) atoms. The van der Waals surface area contributed by atoms with E-state index < -0.39 is 0 Å². The summed E-state index contributed by atoms with van der Waals surface area (Å²) in [6.07, 6.45) is 2.37. The van der Waals surface area contributed by atoms with Gasteiger partial charge in [0.2, 0.25) is 5.88 Å². The van der Waals surface area contributed by atoms with Crippen LogP contribution in [-0.4, -0.2) is 40.2 Å². The lowest BCUT2D eigenvalue weighted by molar-refractivity contribution is 0.0771. The maximum atomic E-state index is 12.4. The van der Waals surface area contributed by atoms with Crippen molar-refractivity contribution in [3.05, 3.63) is 52.6 Å². The number of hydrogen-bond acceptors (Lipinski definition) is 4. The van der Waals surface area contributed by atoms with E-state index in [2.05, 4.69) is 26.1 Å². The number of halogens is 1. The first kappa shape index (κ1) is 14.0. The zero-order chi connectivity index (χ0) is 14.7. The number of hydrogen-bond donors (Lipinski definition) is 0. The summed E-state index contributed by atoms with van der Waals surface area (Å²) in [6, 6.07) is 11.0. The van der Waals surface area contributed by atoms with Gasteiger partial charge in [-0.2, -0.15) is 5.10 Å². The molecular weight excluding hydrogens is 334 g/mol. The van der Waals surface area contributed by atoms with Crippen LogP contribution in [0.2, 0.25) is 0 Å². The van der Waals surface area contributed by atoms with Gasteiger partial charge in [-0.15, -0.1) is 5.10 Å². The van der Waals surface area contributed by atoms with Crippen molar-refractivity contribution in [3.63, 3.8) is 0 Å².